The van der Waals surface area contributed by atoms with Gasteiger partial charge < -0.3 is 5.32 Å². The normalized spacial score (nSPS) is 12.1. The number of rotatable bonds is 5. The molecule has 0 heterocycles. The van der Waals surface area contributed by atoms with Crippen LogP contribution in [0.2, 0.25) is 0 Å². The summed E-state index contributed by atoms with van der Waals surface area (Å²) in [4.78, 5) is 10.6. The molecule has 0 bridgehead atoms. The van der Waals surface area contributed by atoms with Crippen molar-refractivity contribution >= 4 is 21.6 Å². The van der Waals surface area contributed by atoms with Crippen LogP contribution in [0.3, 0.4) is 0 Å². The number of halogens is 1. The molecule has 2 aromatic carbocycles. The Morgan fingerprint density at radius 2 is 2.05 bits per heavy atom. The number of aryl methyl sites for hydroxylation is 1. The molecule has 2 rings (SSSR count). The molecule has 0 radical (unpaired) electrons. The van der Waals surface area contributed by atoms with Gasteiger partial charge in [0.05, 0.1) is 4.92 Å². The van der Waals surface area contributed by atoms with E-state index in [0.29, 0.717) is 12.1 Å². The summed E-state index contributed by atoms with van der Waals surface area (Å²) in [5.41, 5.74) is 2.94. The van der Waals surface area contributed by atoms with Gasteiger partial charge >= 0.3 is 0 Å². The summed E-state index contributed by atoms with van der Waals surface area (Å²) in [5, 5.41) is 14.3. The van der Waals surface area contributed by atoms with Crippen LogP contribution in [0.1, 0.15) is 29.7 Å². The van der Waals surface area contributed by atoms with Crippen molar-refractivity contribution in [1.29, 1.82) is 0 Å². The van der Waals surface area contributed by atoms with Gasteiger partial charge in [0.15, 0.2) is 0 Å². The van der Waals surface area contributed by atoms with E-state index in [4.69, 9.17) is 0 Å². The Hall–Kier alpha value is -1.72. The minimum atomic E-state index is -0.337. The molecule has 5 heteroatoms. The lowest BCUT2D eigenvalue weighted by atomic mass is 10.1. The highest BCUT2D eigenvalue weighted by Gasteiger charge is 2.11. The van der Waals surface area contributed by atoms with Gasteiger partial charge in [0.2, 0.25) is 0 Å². The Balaban J connectivity index is 2.06. The van der Waals surface area contributed by atoms with Crippen LogP contribution in [0, 0.1) is 17.0 Å². The number of nitrogens with one attached hydrogen (secondary N) is 1. The highest BCUT2D eigenvalue weighted by molar-refractivity contribution is 9.10. The molecule has 0 aliphatic rings. The predicted molar refractivity (Wildman–Crippen MR) is 87.2 cm³/mol. The molecule has 110 valence electrons. The van der Waals surface area contributed by atoms with Crippen molar-refractivity contribution in [3.05, 3.63) is 73.7 Å². The van der Waals surface area contributed by atoms with Gasteiger partial charge in [0.25, 0.3) is 5.69 Å². The van der Waals surface area contributed by atoms with Gasteiger partial charge in [-0.15, -0.1) is 0 Å². The van der Waals surface area contributed by atoms with E-state index in [1.54, 1.807) is 19.1 Å². The predicted octanol–water partition coefficient (Wildman–Crippen LogP) is 4.52. The average molecular weight is 349 g/mol. The van der Waals surface area contributed by atoms with Gasteiger partial charge in [-0.05, 0) is 37.1 Å². The Kier molecular flexibility index (Phi) is 5.09. The van der Waals surface area contributed by atoms with Crippen molar-refractivity contribution in [2.24, 2.45) is 0 Å². The lowest BCUT2D eigenvalue weighted by molar-refractivity contribution is -0.385. The van der Waals surface area contributed by atoms with E-state index in [1.165, 1.54) is 5.56 Å². The van der Waals surface area contributed by atoms with Crippen molar-refractivity contribution in [2.45, 2.75) is 26.4 Å². The molecule has 21 heavy (non-hydrogen) atoms. The van der Waals surface area contributed by atoms with Crippen LogP contribution < -0.4 is 5.32 Å². The Bertz CT molecular complexity index is 658. The largest absolute Gasteiger partial charge is 0.306 e. The van der Waals surface area contributed by atoms with Crippen molar-refractivity contribution in [2.75, 3.05) is 0 Å². The number of nitro groups is 1. The molecule has 0 amide bonds. The van der Waals surface area contributed by atoms with Crippen molar-refractivity contribution in [3.63, 3.8) is 0 Å². The smallest absolute Gasteiger partial charge is 0.272 e. The molecular formula is C16H17BrN2O2. The van der Waals surface area contributed by atoms with Gasteiger partial charge in [-0.3, -0.25) is 10.1 Å². The van der Waals surface area contributed by atoms with E-state index >= 15 is 0 Å². The van der Waals surface area contributed by atoms with Crippen molar-refractivity contribution < 1.29 is 4.92 Å². The van der Waals surface area contributed by atoms with Crippen LogP contribution in [0.4, 0.5) is 5.69 Å². The second kappa shape index (κ2) is 6.83. The quantitative estimate of drug-likeness (QED) is 0.638. The first-order valence-corrected chi connectivity index (χ1v) is 7.49. The average Bonchev–Trinajstić information content (AvgIpc) is 2.45. The molecule has 0 aromatic heterocycles. The number of benzene rings is 2. The lowest BCUT2D eigenvalue weighted by Crippen LogP contribution is -2.18. The fourth-order valence-electron chi connectivity index (χ4n) is 2.13. The molecule has 1 atom stereocenters. The molecule has 0 aliphatic carbocycles. The van der Waals surface area contributed by atoms with E-state index in [2.05, 4.69) is 40.3 Å². The maximum absolute atomic E-state index is 11.0. The second-order valence-corrected chi connectivity index (χ2v) is 5.95. The molecule has 1 N–H and O–H groups in total. The van der Waals surface area contributed by atoms with Crippen LogP contribution in [-0.2, 0) is 6.54 Å². The van der Waals surface area contributed by atoms with Crippen LogP contribution >= 0.6 is 15.9 Å². The molecule has 0 unspecified atom stereocenters. The molecule has 4 nitrogen and oxygen atoms in total. The monoisotopic (exact) mass is 348 g/mol. The molecule has 2 aromatic rings. The van der Waals surface area contributed by atoms with Gasteiger partial charge in [0.1, 0.15) is 0 Å². The van der Waals surface area contributed by atoms with Crippen molar-refractivity contribution in [3.8, 4) is 0 Å². The summed E-state index contributed by atoms with van der Waals surface area (Å²) < 4.78 is 1.04. The standard InChI is InChI=1S/C16H17BrN2O2/c1-11-6-7-13(8-16(11)19(20)21)10-18-12(2)14-4-3-5-15(17)9-14/h3-9,12,18H,10H2,1-2H3/t12-/m1/s1. The third-order valence-electron chi connectivity index (χ3n) is 3.43. The molecule has 0 fully saturated rings. The number of hydrogen-bond acceptors (Lipinski definition) is 3. The molecular weight excluding hydrogens is 332 g/mol. The highest BCUT2D eigenvalue weighted by Crippen LogP contribution is 2.21. The fraction of sp³-hybridized carbons (Fsp3) is 0.250. The van der Waals surface area contributed by atoms with Crippen LogP contribution in [-0.4, -0.2) is 4.92 Å². The summed E-state index contributed by atoms with van der Waals surface area (Å²) in [6, 6.07) is 13.6. The third-order valence-corrected chi connectivity index (χ3v) is 3.92. The summed E-state index contributed by atoms with van der Waals surface area (Å²) >= 11 is 3.46. The molecule has 0 saturated heterocycles. The third kappa shape index (κ3) is 4.12. The molecule has 0 aliphatic heterocycles. The molecule has 0 saturated carbocycles. The fourth-order valence-corrected chi connectivity index (χ4v) is 2.54. The van der Waals surface area contributed by atoms with E-state index in [0.717, 1.165) is 10.0 Å². The first kappa shape index (κ1) is 15.7. The number of nitro benzene ring substituents is 1. The topological polar surface area (TPSA) is 55.2 Å². The van der Waals surface area contributed by atoms with Crippen LogP contribution in [0.25, 0.3) is 0 Å². The minimum absolute atomic E-state index is 0.169. The zero-order valence-corrected chi connectivity index (χ0v) is 13.6. The van der Waals surface area contributed by atoms with E-state index in [-0.39, 0.29) is 16.7 Å². The van der Waals surface area contributed by atoms with Gasteiger partial charge in [-0.2, -0.15) is 0 Å². The number of nitrogens with zero attached hydrogens (tertiary/aromatic N) is 1. The maximum Gasteiger partial charge on any atom is 0.272 e. The van der Waals surface area contributed by atoms with Gasteiger partial charge in [0, 0.05) is 28.7 Å². The minimum Gasteiger partial charge on any atom is -0.306 e. The Morgan fingerprint density at radius 1 is 1.29 bits per heavy atom. The maximum atomic E-state index is 11.0. The lowest BCUT2D eigenvalue weighted by Gasteiger charge is -2.14. The summed E-state index contributed by atoms with van der Waals surface area (Å²) in [6.07, 6.45) is 0. The first-order chi connectivity index (χ1) is 9.97. The summed E-state index contributed by atoms with van der Waals surface area (Å²) in [7, 11) is 0. The highest BCUT2D eigenvalue weighted by atomic mass is 79.9. The summed E-state index contributed by atoms with van der Waals surface area (Å²) in [5.74, 6) is 0. The Labute approximate surface area is 132 Å². The molecule has 0 spiro atoms. The van der Waals surface area contributed by atoms with Crippen LogP contribution in [0.15, 0.2) is 46.9 Å². The second-order valence-electron chi connectivity index (χ2n) is 5.04. The SMILES string of the molecule is Cc1ccc(CN[C@H](C)c2cccc(Br)c2)cc1[N+](=O)[O-]. The van der Waals surface area contributed by atoms with Gasteiger partial charge in [-0.1, -0.05) is 40.2 Å². The zero-order chi connectivity index (χ0) is 15.4. The Morgan fingerprint density at radius 3 is 2.71 bits per heavy atom. The summed E-state index contributed by atoms with van der Waals surface area (Å²) in [6.45, 7) is 4.42. The zero-order valence-electron chi connectivity index (χ0n) is 12.0. The van der Waals surface area contributed by atoms with E-state index < -0.39 is 0 Å². The van der Waals surface area contributed by atoms with Gasteiger partial charge in [-0.25, -0.2) is 0 Å². The van der Waals surface area contributed by atoms with E-state index in [9.17, 15) is 10.1 Å². The number of hydrogen-bond donors (Lipinski definition) is 1. The van der Waals surface area contributed by atoms with Crippen molar-refractivity contribution in [1.82, 2.24) is 5.32 Å². The van der Waals surface area contributed by atoms with E-state index in [1.807, 2.05) is 18.2 Å². The first-order valence-electron chi connectivity index (χ1n) is 6.70. The van der Waals surface area contributed by atoms with Crippen LogP contribution in [0.5, 0.6) is 0 Å².